The fourth-order valence-corrected chi connectivity index (χ4v) is 1.55. The molecule has 1 aliphatic rings. The van der Waals surface area contributed by atoms with E-state index in [-0.39, 0.29) is 5.60 Å². The van der Waals surface area contributed by atoms with E-state index in [0.29, 0.717) is 5.54 Å². The monoisotopic (exact) mass is 157 g/mol. The van der Waals surface area contributed by atoms with Crippen LogP contribution < -0.4 is 5.32 Å². The van der Waals surface area contributed by atoms with Gasteiger partial charge in [-0.05, 0) is 40.2 Å². The van der Waals surface area contributed by atoms with E-state index in [2.05, 4.69) is 19.2 Å². The van der Waals surface area contributed by atoms with Crippen LogP contribution in [0.3, 0.4) is 0 Å². The van der Waals surface area contributed by atoms with Gasteiger partial charge in [0.2, 0.25) is 0 Å². The molecule has 0 amide bonds. The standard InChI is InChI=1S/C9H19NO/c1-8(2,11-4)7-9(10-3)5-6-9/h10H,5-7H2,1-4H3. The van der Waals surface area contributed by atoms with Gasteiger partial charge in [-0.1, -0.05) is 0 Å². The van der Waals surface area contributed by atoms with Gasteiger partial charge < -0.3 is 10.1 Å². The van der Waals surface area contributed by atoms with Crippen LogP contribution in [0.1, 0.15) is 33.1 Å². The van der Waals surface area contributed by atoms with Gasteiger partial charge in [-0.25, -0.2) is 0 Å². The second-order valence-electron chi connectivity index (χ2n) is 4.17. The maximum atomic E-state index is 5.38. The number of hydrogen-bond acceptors (Lipinski definition) is 2. The number of ether oxygens (including phenoxy) is 1. The third-order valence-electron chi connectivity index (χ3n) is 2.70. The number of rotatable bonds is 4. The summed E-state index contributed by atoms with van der Waals surface area (Å²) in [4.78, 5) is 0. The molecule has 2 heteroatoms. The van der Waals surface area contributed by atoms with Crippen molar-refractivity contribution in [3.05, 3.63) is 0 Å². The summed E-state index contributed by atoms with van der Waals surface area (Å²) in [6.07, 6.45) is 3.72. The molecule has 0 heterocycles. The molecule has 0 bridgehead atoms. The summed E-state index contributed by atoms with van der Waals surface area (Å²) in [7, 11) is 3.82. The molecular formula is C9H19NO. The summed E-state index contributed by atoms with van der Waals surface area (Å²) in [5, 5.41) is 3.36. The average Bonchev–Trinajstić information content (AvgIpc) is 2.69. The smallest absolute Gasteiger partial charge is 0.0640 e. The lowest BCUT2D eigenvalue weighted by molar-refractivity contribution is 0.00498. The van der Waals surface area contributed by atoms with Crippen LogP contribution in [0, 0.1) is 0 Å². The van der Waals surface area contributed by atoms with Crippen LogP contribution in [0.4, 0.5) is 0 Å². The Labute approximate surface area is 69.3 Å². The molecule has 0 atom stereocenters. The Morgan fingerprint density at radius 3 is 2.27 bits per heavy atom. The lowest BCUT2D eigenvalue weighted by Crippen LogP contribution is -2.37. The van der Waals surface area contributed by atoms with Crippen molar-refractivity contribution in [1.82, 2.24) is 5.32 Å². The zero-order chi connectivity index (χ0) is 8.54. The van der Waals surface area contributed by atoms with Crippen LogP contribution in [0.15, 0.2) is 0 Å². The van der Waals surface area contributed by atoms with Gasteiger partial charge in [-0.15, -0.1) is 0 Å². The van der Waals surface area contributed by atoms with Crippen molar-refractivity contribution < 1.29 is 4.74 Å². The fourth-order valence-electron chi connectivity index (χ4n) is 1.55. The van der Waals surface area contributed by atoms with Gasteiger partial charge in [0, 0.05) is 12.6 Å². The molecule has 0 radical (unpaired) electrons. The number of methoxy groups -OCH3 is 1. The Morgan fingerprint density at radius 2 is 2.00 bits per heavy atom. The molecule has 0 saturated heterocycles. The Hall–Kier alpha value is -0.0800. The van der Waals surface area contributed by atoms with Crippen LogP contribution in [0.5, 0.6) is 0 Å². The highest BCUT2D eigenvalue weighted by Gasteiger charge is 2.44. The van der Waals surface area contributed by atoms with Gasteiger partial charge in [0.15, 0.2) is 0 Å². The van der Waals surface area contributed by atoms with Crippen molar-refractivity contribution in [2.45, 2.75) is 44.2 Å². The van der Waals surface area contributed by atoms with Crippen LogP contribution in [0.2, 0.25) is 0 Å². The molecule has 1 rings (SSSR count). The predicted octanol–water partition coefficient (Wildman–Crippen LogP) is 1.55. The molecule has 0 aromatic rings. The summed E-state index contributed by atoms with van der Waals surface area (Å²) in [5.41, 5.74) is 0.430. The third-order valence-corrected chi connectivity index (χ3v) is 2.70. The van der Waals surface area contributed by atoms with E-state index >= 15 is 0 Å². The molecule has 0 aromatic carbocycles. The molecule has 0 aromatic heterocycles. The second kappa shape index (κ2) is 2.76. The van der Waals surface area contributed by atoms with Gasteiger partial charge in [0.1, 0.15) is 0 Å². The van der Waals surface area contributed by atoms with E-state index in [1.807, 2.05) is 7.05 Å². The maximum absolute atomic E-state index is 5.38. The average molecular weight is 157 g/mol. The molecular weight excluding hydrogens is 138 g/mol. The summed E-state index contributed by atoms with van der Waals surface area (Å²) in [6, 6.07) is 0. The summed E-state index contributed by atoms with van der Waals surface area (Å²) in [5.74, 6) is 0. The van der Waals surface area contributed by atoms with Gasteiger partial charge in [0.25, 0.3) is 0 Å². The Morgan fingerprint density at radius 1 is 1.45 bits per heavy atom. The molecule has 66 valence electrons. The zero-order valence-corrected chi connectivity index (χ0v) is 8.03. The van der Waals surface area contributed by atoms with Crippen LogP contribution >= 0.6 is 0 Å². The highest BCUT2D eigenvalue weighted by Crippen LogP contribution is 2.42. The van der Waals surface area contributed by atoms with E-state index in [4.69, 9.17) is 4.74 Å². The third kappa shape index (κ3) is 2.17. The summed E-state index contributed by atoms with van der Waals surface area (Å²) >= 11 is 0. The van der Waals surface area contributed by atoms with Gasteiger partial charge in [-0.3, -0.25) is 0 Å². The molecule has 1 saturated carbocycles. The molecule has 0 spiro atoms. The Bertz CT molecular complexity index is 134. The normalized spacial score (nSPS) is 21.8. The van der Waals surface area contributed by atoms with Gasteiger partial charge in [-0.2, -0.15) is 0 Å². The lowest BCUT2D eigenvalue weighted by atomic mass is 9.97. The summed E-state index contributed by atoms with van der Waals surface area (Å²) < 4.78 is 5.38. The van der Waals surface area contributed by atoms with E-state index in [1.54, 1.807) is 7.11 Å². The first kappa shape index (κ1) is 9.01. The van der Waals surface area contributed by atoms with Crippen molar-refractivity contribution >= 4 is 0 Å². The van der Waals surface area contributed by atoms with Crippen molar-refractivity contribution in [2.75, 3.05) is 14.2 Å². The first-order chi connectivity index (χ1) is 5.04. The molecule has 1 aliphatic carbocycles. The van der Waals surface area contributed by atoms with Gasteiger partial charge in [0.05, 0.1) is 5.60 Å². The molecule has 2 nitrogen and oxygen atoms in total. The van der Waals surface area contributed by atoms with E-state index in [9.17, 15) is 0 Å². The highest BCUT2D eigenvalue weighted by atomic mass is 16.5. The Balaban J connectivity index is 2.41. The molecule has 0 unspecified atom stereocenters. The van der Waals surface area contributed by atoms with Crippen molar-refractivity contribution in [3.8, 4) is 0 Å². The minimum absolute atomic E-state index is 0.0273. The first-order valence-electron chi connectivity index (χ1n) is 4.28. The maximum Gasteiger partial charge on any atom is 0.0640 e. The van der Waals surface area contributed by atoms with Crippen molar-refractivity contribution in [2.24, 2.45) is 0 Å². The van der Waals surface area contributed by atoms with Crippen LogP contribution in [-0.4, -0.2) is 25.3 Å². The SMILES string of the molecule is CNC1(CC(C)(C)OC)CC1. The minimum Gasteiger partial charge on any atom is -0.379 e. The molecule has 0 aliphatic heterocycles. The van der Waals surface area contributed by atoms with Crippen molar-refractivity contribution in [3.63, 3.8) is 0 Å². The second-order valence-corrected chi connectivity index (χ2v) is 4.17. The molecule has 1 fully saturated rings. The topological polar surface area (TPSA) is 21.3 Å². The van der Waals surface area contributed by atoms with E-state index < -0.39 is 0 Å². The molecule has 11 heavy (non-hydrogen) atoms. The number of nitrogens with one attached hydrogen (secondary N) is 1. The quantitative estimate of drug-likeness (QED) is 0.668. The number of hydrogen-bond donors (Lipinski definition) is 1. The lowest BCUT2D eigenvalue weighted by Gasteiger charge is -2.28. The minimum atomic E-state index is 0.0273. The van der Waals surface area contributed by atoms with Crippen LogP contribution in [-0.2, 0) is 4.74 Å². The largest absolute Gasteiger partial charge is 0.379 e. The first-order valence-corrected chi connectivity index (χ1v) is 4.28. The van der Waals surface area contributed by atoms with Gasteiger partial charge >= 0.3 is 0 Å². The van der Waals surface area contributed by atoms with Crippen LogP contribution in [0.25, 0.3) is 0 Å². The molecule has 1 N–H and O–H groups in total. The fraction of sp³-hybridized carbons (Fsp3) is 1.00. The van der Waals surface area contributed by atoms with E-state index in [0.717, 1.165) is 6.42 Å². The van der Waals surface area contributed by atoms with Crippen molar-refractivity contribution in [1.29, 1.82) is 0 Å². The zero-order valence-electron chi connectivity index (χ0n) is 8.03. The predicted molar refractivity (Wildman–Crippen MR) is 46.7 cm³/mol. The highest BCUT2D eigenvalue weighted by molar-refractivity contribution is 5.04. The summed E-state index contributed by atoms with van der Waals surface area (Å²) in [6.45, 7) is 4.29. The van der Waals surface area contributed by atoms with E-state index in [1.165, 1.54) is 12.8 Å². The Kier molecular flexibility index (Phi) is 2.26.